The third-order valence-electron chi connectivity index (χ3n) is 10.1. The minimum atomic E-state index is -4.48. The van der Waals surface area contributed by atoms with Crippen LogP contribution in [0.1, 0.15) is 84.3 Å². The monoisotopic (exact) mass is 482 g/mol. The number of fused-ring (bicyclic) bond motifs is 3. The maximum atomic E-state index is 13.4. The minimum Gasteiger partial charge on any atom is -0.384 e. The Morgan fingerprint density at radius 3 is 2.56 bits per heavy atom. The van der Waals surface area contributed by atoms with Gasteiger partial charge in [0, 0.05) is 19.2 Å². The van der Waals surface area contributed by atoms with E-state index in [2.05, 4.69) is 25.9 Å². The van der Waals surface area contributed by atoms with E-state index in [0.717, 1.165) is 44.8 Å². The lowest BCUT2D eigenvalue weighted by atomic mass is 9.45. The molecule has 1 aromatic rings. The maximum absolute atomic E-state index is 13.4. The number of halogens is 3. The Morgan fingerprint density at radius 2 is 1.94 bits per heavy atom. The largest absolute Gasteiger partial charge is 0.435 e. The molecule has 0 amide bonds. The molecule has 34 heavy (non-hydrogen) atoms. The van der Waals surface area contributed by atoms with Crippen LogP contribution in [0.2, 0.25) is 0 Å². The van der Waals surface area contributed by atoms with E-state index in [9.17, 15) is 18.0 Å². The first-order chi connectivity index (χ1) is 16.1. The Morgan fingerprint density at radius 1 is 1.18 bits per heavy atom. The van der Waals surface area contributed by atoms with E-state index in [-0.39, 0.29) is 29.1 Å². The molecular formula is C27H41F3N2O2. The molecule has 0 radical (unpaired) electrons. The molecule has 5 unspecified atom stereocenters. The van der Waals surface area contributed by atoms with Gasteiger partial charge in [-0.3, -0.25) is 9.48 Å². The number of ketones is 1. The van der Waals surface area contributed by atoms with Crippen molar-refractivity contribution in [1.29, 1.82) is 0 Å². The van der Waals surface area contributed by atoms with Crippen molar-refractivity contribution in [2.45, 2.75) is 91.3 Å². The SMILES string of the molecule is CCCC1(COC)C2CCC3(C)C(CC[C@@H]3C(=O)Cn3ccc(C(F)(F)F)n3)C2CC[C@@H]1CC. The van der Waals surface area contributed by atoms with E-state index in [1.807, 2.05) is 7.11 Å². The molecular weight excluding hydrogens is 441 g/mol. The highest BCUT2D eigenvalue weighted by atomic mass is 19.4. The molecule has 0 aromatic carbocycles. The van der Waals surface area contributed by atoms with Crippen molar-refractivity contribution >= 4 is 5.78 Å². The highest BCUT2D eigenvalue weighted by Gasteiger charge is 2.61. The molecule has 4 rings (SSSR count). The van der Waals surface area contributed by atoms with Gasteiger partial charge in [0.15, 0.2) is 11.5 Å². The Balaban J connectivity index is 1.54. The number of nitrogens with zero attached hydrogens (tertiary/aromatic N) is 2. The Hall–Kier alpha value is -1.37. The second-order valence-electron chi connectivity index (χ2n) is 11.5. The van der Waals surface area contributed by atoms with Crippen molar-refractivity contribution in [3.05, 3.63) is 18.0 Å². The lowest BCUT2D eigenvalue weighted by molar-refractivity contribution is -0.145. The third kappa shape index (κ3) is 4.24. The fourth-order valence-electron chi connectivity index (χ4n) is 8.82. The standard InChI is InChI=1S/C27H41F3N2O2/c1-5-13-26(17-34-4)18(6-2)7-8-19-20-9-10-22(25(20,3)14-11-21(19)26)23(33)16-32-15-12-24(31-32)27(28,29)30/h12,15,18-22H,5-11,13-14,16-17H2,1-4H3/t18-,19?,20?,21?,22+,25?,26?/m0/s1. The van der Waals surface area contributed by atoms with Crippen LogP contribution in [0.15, 0.2) is 12.3 Å². The second kappa shape index (κ2) is 9.59. The molecule has 0 bridgehead atoms. The fraction of sp³-hybridized carbons (Fsp3) is 0.852. The zero-order valence-electron chi connectivity index (χ0n) is 21.2. The van der Waals surface area contributed by atoms with E-state index in [1.165, 1.54) is 36.6 Å². The van der Waals surface area contributed by atoms with E-state index in [4.69, 9.17) is 4.74 Å². The van der Waals surface area contributed by atoms with Gasteiger partial charge in [-0.25, -0.2) is 0 Å². The van der Waals surface area contributed by atoms with Crippen LogP contribution >= 0.6 is 0 Å². The normalized spacial score (nSPS) is 37.9. The first kappa shape index (κ1) is 25.7. The van der Waals surface area contributed by atoms with Gasteiger partial charge in [0.25, 0.3) is 0 Å². The molecule has 1 aromatic heterocycles. The Bertz CT molecular complexity index is 860. The van der Waals surface area contributed by atoms with E-state index in [1.54, 1.807) is 0 Å². The number of carbonyl (C=O) groups is 1. The molecule has 0 spiro atoms. The summed E-state index contributed by atoms with van der Waals surface area (Å²) < 4.78 is 45.8. The van der Waals surface area contributed by atoms with Crippen LogP contribution in [0.3, 0.4) is 0 Å². The van der Waals surface area contributed by atoms with Gasteiger partial charge in [0.05, 0.1) is 13.2 Å². The summed E-state index contributed by atoms with van der Waals surface area (Å²) >= 11 is 0. The van der Waals surface area contributed by atoms with Gasteiger partial charge in [0.1, 0.15) is 0 Å². The molecule has 3 saturated carbocycles. The van der Waals surface area contributed by atoms with Gasteiger partial charge in [-0.1, -0.05) is 33.6 Å². The van der Waals surface area contributed by atoms with Gasteiger partial charge >= 0.3 is 6.18 Å². The summed E-state index contributed by atoms with van der Waals surface area (Å²) in [4.78, 5) is 13.4. The van der Waals surface area contributed by atoms with Crippen molar-refractivity contribution < 1.29 is 22.7 Å². The van der Waals surface area contributed by atoms with E-state index in [0.29, 0.717) is 23.7 Å². The number of hydrogen-bond acceptors (Lipinski definition) is 3. The van der Waals surface area contributed by atoms with Crippen molar-refractivity contribution in [2.24, 2.45) is 40.4 Å². The van der Waals surface area contributed by atoms with E-state index >= 15 is 0 Å². The lowest BCUT2D eigenvalue weighted by Gasteiger charge is -2.60. The molecule has 1 heterocycles. The molecule has 3 aliphatic rings. The van der Waals surface area contributed by atoms with Crippen LogP contribution in [-0.4, -0.2) is 29.3 Å². The number of aromatic nitrogens is 2. The molecule has 7 atom stereocenters. The Labute approximate surface area is 202 Å². The first-order valence-corrected chi connectivity index (χ1v) is 13.2. The van der Waals surface area contributed by atoms with Crippen LogP contribution in [0.25, 0.3) is 0 Å². The third-order valence-corrected chi connectivity index (χ3v) is 10.1. The van der Waals surface area contributed by atoms with Crippen molar-refractivity contribution in [3.63, 3.8) is 0 Å². The van der Waals surface area contributed by atoms with Crippen LogP contribution in [0.4, 0.5) is 13.2 Å². The van der Waals surface area contributed by atoms with Gasteiger partial charge in [-0.15, -0.1) is 0 Å². The number of hydrogen-bond donors (Lipinski definition) is 0. The molecule has 192 valence electrons. The topological polar surface area (TPSA) is 44.1 Å². The molecule has 7 heteroatoms. The fourth-order valence-corrected chi connectivity index (χ4v) is 8.82. The number of ether oxygens (including phenoxy) is 1. The summed E-state index contributed by atoms with van der Waals surface area (Å²) in [5.74, 6) is 2.40. The van der Waals surface area contributed by atoms with Crippen LogP contribution in [-0.2, 0) is 22.3 Å². The predicted octanol–water partition coefficient (Wildman–Crippen LogP) is 6.78. The molecule has 0 aliphatic heterocycles. The summed E-state index contributed by atoms with van der Waals surface area (Å²) in [5.41, 5.74) is -0.773. The Kier molecular flexibility index (Phi) is 7.25. The van der Waals surface area contributed by atoms with Gasteiger partial charge < -0.3 is 4.74 Å². The number of methoxy groups -OCH3 is 1. The van der Waals surface area contributed by atoms with Crippen molar-refractivity contribution in [2.75, 3.05) is 13.7 Å². The lowest BCUT2D eigenvalue weighted by Crippen LogP contribution is -2.55. The second-order valence-corrected chi connectivity index (χ2v) is 11.5. The number of alkyl halides is 3. The molecule has 3 fully saturated rings. The van der Waals surface area contributed by atoms with E-state index < -0.39 is 11.9 Å². The van der Waals surface area contributed by atoms with Crippen LogP contribution in [0, 0.1) is 40.4 Å². The summed E-state index contributed by atoms with van der Waals surface area (Å²) in [7, 11) is 1.84. The summed E-state index contributed by atoms with van der Waals surface area (Å²) in [6.45, 7) is 7.65. The van der Waals surface area contributed by atoms with Gasteiger partial charge in [0.2, 0.25) is 0 Å². The molecule has 0 saturated heterocycles. The molecule has 4 nitrogen and oxygen atoms in total. The quantitative estimate of drug-likeness (QED) is 0.410. The van der Waals surface area contributed by atoms with Crippen molar-refractivity contribution in [1.82, 2.24) is 9.78 Å². The van der Waals surface area contributed by atoms with Crippen LogP contribution < -0.4 is 0 Å². The smallest absolute Gasteiger partial charge is 0.384 e. The minimum absolute atomic E-state index is 0.0410. The van der Waals surface area contributed by atoms with Crippen molar-refractivity contribution in [3.8, 4) is 0 Å². The first-order valence-electron chi connectivity index (χ1n) is 13.2. The van der Waals surface area contributed by atoms with Gasteiger partial charge in [-0.2, -0.15) is 18.3 Å². The highest BCUT2D eigenvalue weighted by molar-refractivity contribution is 5.82. The summed E-state index contributed by atoms with van der Waals surface area (Å²) in [6.07, 6.45) is 6.86. The van der Waals surface area contributed by atoms with Gasteiger partial charge in [-0.05, 0) is 85.5 Å². The summed E-state index contributed by atoms with van der Waals surface area (Å²) in [6, 6.07) is 0.951. The summed E-state index contributed by atoms with van der Waals surface area (Å²) in [5, 5.41) is 3.62. The highest BCUT2D eigenvalue weighted by Crippen LogP contribution is 2.66. The molecule has 0 N–H and O–H groups in total. The number of Topliss-reactive ketones (excluding diaryl/α,β-unsaturated/α-hetero) is 1. The average molecular weight is 483 g/mol. The zero-order chi connectivity index (χ0) is 24.7. The van der Waals surface area contributed by atoms with Crippen LogP contribution in [0.5, 0.6) is 0 Å². The molecule has 3 aliphatic carbocycles. The average Bonchev–Trinajstić information content (AvgIpc) is 3.38. The zero-order valence-corrected chi connectivity index (χ0v) is 21.2. The number of carbonyl (C=O) groups excluding carboxylic acids is 1. The predicted molar refractivity (Wildman–Crippen MR) is 125 cm³/mol. The number of rotatable bonds is 8. The maximum Gasteiger partial charge on any atom is 0.435 e.